The van der Waals surface area contributed by atoms with E-state index in [0.29, 0.717) is 11.8 Å². The van der Waals surface area contributed by atoms with E-state index in [9.17, 15) is 4.79 Å². The molecular formula is C23H31NO. The van der Waals surface area contributed by atoms with Crippen LogP contribution in [0.3, 0.4) is 0 Å². The van der Waals surface area contributed by atoms with E-state index in [0.717, 1.165) is 55.3 Å². The summed E-state index contributed by atoms with van der Waals surface area (Å²) in [6, 6.07) is 4.30. The van der Waals surface area contributed by atoms with Gasteiger partial charge in [0.2, 0.25) is 5.91 Å². The highest BCUT2D eigenvalue weighted by Gasteiger charge is 2.52. The van der Waals surface area contributed by atoms with Gasteiger partial charge in [0.15, 0.2) is 0 Å². The normalized spacial score (nSPS) is 28.8. The number of allylic oxidation sites excluding steroid dienone is 4. The molecule has 2 atom stereocenters. The second-order valence-corrected chi connectivity index (χ2v) is 7.79. The van der Waals surface area contributed by atoms with Crippen molar-refractivity contribution < 1.29 is 4.79 Å². The number of benzene rings is 1. The van der Waals surface area contributed by atoms with Crippen molar-refractivity contribution in [3.05, 3.63) is 53.1 Å². The Morgan fingerprint density at radius 1 is 0.840 bits per heavy atom. The van der Waals surface area contributed by atoms with Crippen LogP contribution < -0.4 is 5.32 Å². The number of hydrogen-bond acceptors (Lipinski definition) is 1. The zero-order valence-corrected chi connectivity index (χ0v) is 15.8. The molecule has 3 rings (SSSR count). The third kappa shape index (κ3) is 4.42. The molecule has 1 aromatic carbocycles. The van der Waals surface area contributed by atoms with Gasteiger partial charge in [0.05, 0.1) is 0 Å². The summed E-state index contributed by atoms with van der Waals surface area (Å²) in [6.07, 6.45) is 16.0. The van der Waals surface area contributed by atoms with Gasteiger partial charge in [-0.05, 0) is 82.3 Å². The van der Waals surface area contributed by atoms with Crippen LogP contribution in [-0.4, -0.2) is 5.91 Å². The van der Waals surface area contributed by atoms with E-state index < -0.39 is 0 Å². The molecule has 2 aliphatic rings. The van der Waals surface area contributed by atoms with E-state index >= 15 is 0 Å². The molecule has 2 heteroatoms. The van der Waals surface area contributed by atoms with Crippen molar-refractivity contribution in [2.45, 2.75) is 59.3 Å². The topological polar surface area (TPSA) is 29.1 Å². The molecular weight excluding hydrogens is 306 g/mol. The predicted octanol–water partition coefficient (Wildman–Crippen LogP) is 5.88. The monoisotopic (exact) mass is 337 g/mol. The minimum absolute atomic E-state index is 0.197. The van der Waals surface area contributed by atoms with Crippen LogP contribution in [-0.2, 0) is 4.79 Å². The molecule has 25 heavy (non-hydrogen) atoms. The summed E-state index contributed by atoms with van der Waals surface area (Å²) >= 11 is 0. The first kappa shape index (κ1) is 18.0. The fraction of sp³-hybridized carbons (Fsp3) is 0.522. The second kappa shape index (κ2) is 8.03. The van der Waals surface area contributed by atoms with Crippen molar-refractivity contribution in [3.63, 3.8) is 0 Å². The highest BCUT2D eigenvalue weighted by molar-refractivity contribution is 5.96. The molecule has 0 spiro atoms. The molecule has 2 nitrogen and oxygen atoms in total. The van der Waals surface area contributed by atoms with E-state index in [2.05, 4.69) is 62.5 Å². The molecule has 1 saturated carbocycles. The van der Waals surface area contributed by atoms with Crippen molar-refractivity contribution in [2.24, 2.45) is 17.8 Å². The summed E-state index contributed by atoms with van der Waals surface area (Å²) in [4.78, 5) is 12.9. The molecule has 1 fully saturated rings. The zero-order valence-electron chi connectivity index (χ0n) is 15.8. The third-order valence-electron chi connectivity index (χ3n) is 5.73. The SMILES string of the molecule is Cc1cc(C)c(NC(=O)C2C3CC/C=C\CC/C=C\CCC32)c(C)c1. The first-order chi connectivity index (χ1) is 12.1. The third-order valence-corrected chi connectivity index (χ3v) is 5.73. The Kier molecular flexibility index (Phi) is 5.78. The average molecular weight is 338 g/mol. The van der Waals surface area contributed by atoms with E-state index in [4.69, 9.17) is 0 Å². The lowest BCUT2D eigenvalue weighted by molar-refractivity contribution is -0.117. The lowest BCUT2D eigenvalue weighted by Gasteiger charge is -2.13. The number of hydrogen-bond donors (Lipinski definition) is 1. The number of carbonyl (C=O) groups is 1. The molecule has 0 saturated heterocycles. The van der Waals surface area contributed by atoms with E-state index in [-0.39, 0.29) is 11.8 Å². The fourth-order valence-corrected chi connectivity index (χ4v) is 4.45. The standard InChI is InChI=1S/C23H31NO/c1-16-14-17(2)22(18(3)15-16)24-23(25)21-19-12-10-8-6-4-5-7-9-11-13-20(19)21/h6-9,14-15,19-21H,4-5,10-13H2,1-3H3,(H,24,25)/b8-6-,9-7-. The number of aryl methyl sites for hydroxylation is 3. The molecule has 1 amide bonds. The van der Waals surface area contributed by atoms with E-state index in [1.165, 1.54) is 5.56 Å². The summed E-state index contributed by atoms with van der Waals surface area (Å²) in [5, 5.41) is 3.25. The van der Waals surface area contributed by atoms with Crippen LogP contribution in [0.4, 0.5) is 5.69 Å². The largest absolute Gasteiger partial charge is 0.325 e. The molecule has 1 aromatic rings. The lowest BCUT2D eigenvalue weighted by Crippen LogP contribution is -2.17. The van der Waals surface area contributed by atoms with Crippen LogP contribution in [0.15, 0.2) is 36.4 Å². The Morgan fingerprint density at radius 2 is 1.32 bits per heavy atom. The quantitative estimate of drug-likeness (QED) is 0.671. The van der Waals surface area contributed by atoms with Gasteiger partial charge in [0.1, 0.15) is 0 Å². The molecule has 2 unspecified atom stereocenters. The maximum absolute atomic E-state index is 12.9. The first-order valence-electron chi connectivity index (χ1n) is 9.76. The van der Waals surface area contributed by atoms with E-state index in [1.54, 1.807) is 0 Å². The van der Waals surface area contributed by atoms with Crippen LogP contribution >= 0.6 is 0 Å². The maximum atomic E-state index is 12.9. The minimum Gasteiger partial charge on any atom is -0.325 e. The Morgan fingerprint density at radius 3 is 1.84 bits per heavy atom. The number of anilines is 1. The van der Waals surface area contributed by atoms with Crippen LogP contribution in [0.5, 0.6) is 0 Å². The summed E-state index contributed by atoms with van der Waals surface area (Å²) in [6.45, 7) is 6.28. The smallest absolute Gasteiger partial charge is 0.228 e. The Balaban J connectivity index is 1.68. The van der Waals surface area contributed by atoms with Crippen LogP contribution in [0, 0.1) is 38.5 Å². The molecule has 1 N–H and O–H groups in total. The van der Waals surface area contributed by atoms with Gasteiger partial charge in [0, 0.05) is 11.6 Å². The van der Waals surface area contributed by atoms with Crippen molar-refractivity contribution >= 4 is 11.6 Å². The number of rotatable bonds is 2. The van der Waals surface area contributed by atoms with Gasteiger partial charge < -0.3 is 5.32 Å². The summed E-state index contributed by atoms with van der Waals surface area (Å²) in [5.74, 6) is 1.54. The van der Waals surface area contributed by atoms with Crippen molar-refractivity contribution in [1.82, 2.24) is 0 Å². The van der Waals surface area contributed by atoms with E-state index in [1.807, 2.05) is 0 Å². The van der Waals surface area contributed by atoms with Crippen LogP contribution in [0.25, 0.3) is 0 Å². The number of amides is 1. The zero-order chi connectivity index (χ0) is 17.8. The first-order valence-corrected chi connectivity index (χ1v) is 9.76. The Hall–Kier alpha value is -1.83. The summed E-state index contributed by atoms with van der Waals surface area (Å²) < 4.78 is 0. The Bertz CT molecular complexity index is 638. The maximum Gasteiger partial charge on any atom is 0.228 e. The van der Waals surface area contributed by atoms with Gasteiger partial charge in [-0.1, -0.05) is 42.0 Å². The number of nitrogens with one attached hydrogen (secondary N) is 1. The molecule has 134 valence electrons. The van der Waals surface area contributed by atoms with Crippen LogP contribution in [0.1, 0.15) is 55.2 Å². The van der Waals surface area contributed by atoms with Gasteiger partial charge in [-0.15, -0.1) is 0 Å². The average Bonchev–Trinajstić information content (AvgIpc) is 3.23. The molecule has 0 aromatic heterocycles. The van der Waals surface area contributed by atoms with Crippen molar-refractivity contribution in [3.8, 4) is 0 Å². The van der Waals surface area contributed by atoms with Crippen molar-refractivity contribution in [1.29, 1.82) is 0 Å². The minimum atomic E-state index is 0.197. The molecule has 0 bridgehead atoms. The number of fused-ring (bicyclic) bond motifs is 1. The van der Waals surface area contributed by atoms with Gasteiger partial charge in [-0.25, -0.2) is 0 Å². The lowest BCUT2D eigenvalue weighted by atomic mass is 10.0. The molecule has 0 aliphatic heterocycles. The molecule has 0 radical (unpaired) electrons. The fourth-order valence-electron chi connectivity index (χ4n) is 4.45. The Labute approximate surface area is 152 Å². The van der Waals surface area contributed by atoms with Crippen LogP contribution in [0.2, 0.25) is 0 Å². The van der Waals surface area contributed by atoms with Gasteiger partial charge in [-0.2, -0.15) is 0 Å². The van der Waals surface area contributed by atoms with Gasteiger partial charge in [-0.3, -0.25) is 4.79 Å². The highest BCUT2D eigenvalue weighted by Crippen LogP contribution is 2.52. The summed E-state index contributed by atoms with van der Waals surface area (Å²) in [5.41, 5.74) is 4.59. The second-order valence-electron chi connectivity index (χ2n) is 7.79. The highest BCUT2D eigenvalue weighted by atomic mass is 16.2. The van der Waals surface area contributed by atoms with Gasteiger partial charge in [0.25, 0.3) is 0 Å². The molecule has 0 heterocycles. The summed E-state index contributed by atoms with van der Waals surface area (Å²) in [7, 11) is 0. The van der Waals surface area contributed by atoms with Crippen molar-refractivity contribution in [2.75, 3.05) is 5.32 Å². The van der Waals surface area contributed by atoms with Gasteiger partial charge >= 0.3 is 0 Å². The number of carbonyl (C=O) groups excluding carboxylic acids is 1. The predicted molar refractivity (Wildman–Crippen MR) is 106 cm³/mol. The molecule has 2 aliphatic carbocycles.